The number of hydrogen-bond acceptors (Lipinski definition) is 7. The van der Waals surface area contributed by atoms with Gasteiger partial charge < -0.3 is 20.7 Å². The number of rotatable bonds is 5. The van der Waals surface area contributed by atoms with Crippen LogP contribution in [-0.2, 0) is 4.74 Å². The number of aromatic nitrogens is 3. The van der Waals surface area contributed by atoms with E-state index in [4.69, 9.17) is 27.1 Å². The Morgan fingerprint density at radius 1 is 1.27 bits per heavy atom. The van der Waals surface area contributed by atoms with Gasteiger partial charge in [0.15, 0.2) is 0 Å². The highest BCUT2D eigenvalue weighted by atomic mass is 35.5. The van der Waals surface area contributed by atoms with Gasteiger partial charge in [-0.3, -0.25) is 4.79 Å². The second-order valence-electron chi connectivity index (χ2n) is 8.70. The van der Waals surface area contributed by atoms with E-state index in [1.54, 1.807) is 11.0 Å². The number of carbonyl (C=O) groups excluding carboxylic acids is 2. The van der Waals surface area contributed by atoms with Crippen molar-refractivity contribution in [2.75, 3.05) is 18.4 Å². The molecule has 174 valence electrons. The summed E-state index contributed by atoms with van der Waals surface area (Å²) in [6.45, 7) is 12.3. The summed E-state index contributed by atoms with van der Waals surface area (Å²) in [5.74, 6) is -0.484. The van der Waals surface area contributed by atoms with Gasteiger partial charge in [0, 0.05) is 25.0 Å². The van der Waals surface area contributed by atoms with Crippen molar-refractivity contribution in [3.05, 3.63) is 53.2 Å². The number of nitrogens with one attached hydrogen (secondary N) is 1. The smallest absolute Gasteiger partial charge is 0.410 e. The third kappa shape index (κ3) is 6.29. The average Bonchev–Trinajstić information content (AvgIpc) is 2.72. The van der Waals surface area contributed by atoms with Gasteiger partial charge in [0.05, 0.1) is 11.4 Å². The quantitative estimate of drug-likeness (QED) is 0.619. The monoisotopic (exact) mass is 470 g/mol. The van der Waals surface area contributed by atoms with Gasteiger partial charge in [-0.1, -0.05) is 12.7 Å². The van der Waals surface area contributed by atoms with E-state index in [0.717, 1.165) is 16.8 Å². The van der Waals surface area contributed by atoms with Crippen LogP contribution in [0.15, 0.2) is 31.0 Å². The van der Waals surface area contributed by atoms with Crippen LogP contribution in [0.25, 0.3) is 11.1 Å². The maximum Gasteiger partial charge on any atom is 0.410 e. The zero-order chi connectivity index (χ0) is 24.3. The number of ether oxygens (including phenoxy) is 1. The van der Waals surface area contributed by atoms with Gasteiger partial charge in [0.2, 0.25) is 5.28 Å². The molecule has 0 aromatic carbocycles. The maximum absolute atomic E-state index is 12.3. The minimum Gasteiger partial charge on any atom is -0.444 e. The Kier molecular flexibility index (Phi) is 7.02. The van der Waals surface area contributed by atoms with E-state index in [2.05, 4.69) is 21.9 Å². The maximum atomic E-state index is 12.3. The molecule has 0 radical (unpaired) electrons. The van der Waals surface area contributed by atoms with Gasteiger partial charge in [0.25, 0.3) is 5.91 Å². The molecule has 2 aromatic heterocycles. The highest BCUT2D eigenvalue weighted by molar-refractivity contribution is 6.28. The molecule has 1 aliphatic heterocycles. The lowest BCUT2D eigenvalue weighted by molar-refractivity contribution is 0.0270. The molecule has 3 N–H and O–H groups in total. The van der Waals surface area contributed by atoms with Crippen LogP contribution in [-0.4, -0.2) is 50.5 Å². The number of nitrogens with two attached hydrogens (primary N) is 1. The Morgan fingerprint density at radius 3 is 2.58 bits per heavy atom. The lowest BCUT2D eigenvalue weighted by Crippen LogP contribution is -2.39. The molecule has 0 bridgehead atoms. The molecule has 3 rings (SSSR count). The van der Waals surface area contributed by atoms with E-state index in [1.165, 1.54) is 6.20 Å². The van der Waals surface area contributed by atoms with Gasteiger partial charge in [-0.05, 0) is 69.0 Å². The second kappa shape index (κ2) is 9.58. The molecule has 2 aromatic rings. The predicted molar refractivity (Wildman–Crippen MR) is 128 cm³/mol. The first-order valence-electron chi connectivity index (χ1n) is 10.4. The molecule has 2 amide bonds. The normalized spacial score (nSPS) is 13.8. The largest absolute Gasteiger partial charge is 0.444 e. The molecular weight excluding hydrogens is 444 g/mol. The van der Waals surface area contributed by atoms with E-state index >= 15 is 0 Å². The number of carbonyl (C=O) groups is 2. The third-order valence-electron chi connectivity index (χ3n) is 4.74. The highest BCUT2D eigenvalue weighted by Gasteiger charge is 2.24. The Bertz CT molecular complexity index is 1140. The molecule has 0 aliphatic carbocycles. The number of hydrogen-bond donors (Lipinski definition) is 2. The number of nitrogens with zero attached hydrogens (tertiary/aromatic N) is 4. The van der Waals surface area contributed by atoms with Crippen LogP contribution >= 0.6 is 11.6 Å². The lowest BCUT2D eigenvalue weighted by Gasteiger charge is -2.29. The molecule has 1 aliphatic rings. The molecule has 0 spiro atoms. The number of pyridine rings is 1. The number of amides is 2. The Hall–Kier alpha value is -3.46. The fourth-order valence-electron chi connectivity index (χ4n) is 3.15. The molecule has 33 heavy (non-hydrogen) atoms. The number of halogens is 1. The zero-order valence-corrected chi connectivity index (χ0v) is 19.9. The van der Waals surface area contributed by atoms with Crippen LogP contribution < -0.4 is 11.1 Å². The summed E-state index contributed by atoms with van der Waals surface area (Å²) in [6.07, 6.45) is 3.50. The molecule has 3 heterocycles. The molecule has 0 unspecified atom stereocenters. The van der Waals surface area contributed by atoms with Crippen LogP contribution in [0, 0.1) is 0 Å². The van der Waals surface area contributed by atoms with Crippen LogP contribution in [0.4, 0.5) is 16.3 Å². The van der Waals surface area contributed by atoms with Crippen molar-refractivity contribution in [1.82, 2.24) is 19.9 Å². The summed E-state index contributed by atoms with van der Waals surface area (Å²) in [4.78, 5) is 38.4. The van der Waals surface area contributed by atoms with Crippen molar-refractivity contribution in [2.45, 2.75) is 39.7 Å². The molecular formula is C23H27ClN6O3. The average molecular weight is 471 g/mol. The molecule has 9 nitrogen and oxygen atoms in total. The molecule has 0 saturated heterocycles. The minimum atomic E-state index is -0.680. The first-order valence-corrected chi connectivity index (χ1v) is 10.8. The standard InChI is InChI=1S/C23H27ClN6O3/c1-13(2)17-10-15(27-20-16(19(25)31)12-26-21(24)29-20)11-18(28-17)14-6-8-30(9-7-14)22(32)33-23(3,4)5/h6,10-12H,1,7-9H2,2-5H3,(H2,25,31)(H,26,27,28,29). The molecule has 0 atom stereocenters. The zero-order valence-electron chi connectivity index (χ0n) is 19.1. The van der Waals surface area contributed by atoms with Crippen LogP contribution in [0.2, 0.25) is 5.28 Å². The van der Waals surface area contributed by atoms with E-state index in [1.807, 2.05) is 39.8 Å². The second-order valence-corrected chi connectivity index (χ2v) is 9.04. The first-order chi connectivity index (χ1) is 15.4. The summed E-state index contributed by atoms with van der Waals surface area (Å²) < 4.78 is 5.45. The number of primary amides is 1. The fraction of sp³-hybridized carbons (Fsp3) is 0.348. The third-order valence-corrected chi connectivity index (χ3v) is 4.92. The summed E-state index contributed by atoms with van der Waals surface area (Å²) in [7, 11) is 0. The summed E-state index contributed by atoms with van der Waals surface area (Å²) in [5.41, 5.74) is 8.78. The SMILES string of the molecule is C=C(C)c1cc(Nc2nc(Cl)ncc2C(N)=O)cc(C2=CCN(C(=O)OC(C)(C)C)CC2)n1. The molecule has 0 saturated carbocycles. The fourth-order valence-corrected chi connectivity index (χ4v) is 3.29. The summed E-state index contributed by atoms with van der Waals surface area (Å²) in [5, 5.41) is 3.07. The van der Waals surface area contributed by atoms with Crippen molar-refractivity contribution in [3.63, 3.8) is 0 Å². The Morgan fingerprint density at radius 2 is 2.00 bits per heavy atom. The van der Waals surface area contributed by atoms with E-state index in [0.29, 0.717) is 30.9 Å². The van der Waals surface area contributed by atoms with Crippen LogP contribution in [0.3, 0.4) is 0 Å². The number of allylic oxidation sites excluding steroid dienone is 1. The summed E-state index contributed by atoms with van der Waals surface area (Å²) >= 11 is 5.91. The topological polar surface area (TPSA) is 123 Å². The molecule has 10 heteroatoms. The predicted octanol–water partition coefficient (Wildman–Crippen LogP) is 4.42. The number of anilines is 2. The van der Waals surface area contributed by atoms with Gasteiger partial charge in [-0.2, -0.15) is 4.98 Å². The highest BCUT2D eigenvalue weighted by Crippen LogP contribution is 2.28. The van der Waals surface area contributed by atoms with Gasteiger partial charge >= 0.3 is 6.09 Å². The van der Waals surface area contributed by atoms with Crippen molar-refractivity contribution in [3.8, 4) is 0 Å². The van der Waals surface area contributed by atoms with Crippen LogP contribution in [0.1, 0.15) is 55.9 Å². The summed E-state index contributed by atoms with van der Waals surface area (Å²) in [6, 6.07) is 3.63. The van der Waals surface area contributed by atoms with Crippen molar-refractivity contribution < 1.29 is 14.3 Å². The Labute approximate surface area is 197 Å². The van der Waals surface area contributed by atoms with Crippen molar-refractivity contribution in [2.24, 2.45) is 5.73 Å². The van der Waals surface area contributed by atoms with Gasteiger partial charge in [0.1, 0.15) is 17.0 Å². The first kappa shape index (κ1) is 24.2. The van der Waals surface area contributed by atoms with Crippen molar-refractivity contribution in [1.29, 1.82) is 0 Å². The van der Waals surface area contributed by atoms with E-state index in [-0.39, 0.29) is 22.8 Å². The lowest BCUT2D eigenvalue weighted by atomic mass is 10.0. The van der Waals surface area contributed by atoms with Crippen molar-refractivity contribution >= 4 is 46.3 Å². The minimum absolute atomic E-state index is 0.0193. The van der Waals surface area contributed by atoms with E-state index < -0.39 is 11.5 Å². The Balaban J connectivity index is 1.89. The molecule has 0 fully saturated rings. The van der Waals surface area contributed by atoms with Gasteiger partial charge in [-0.25, -0.2) is 14.8 Å². The van der Waals surface area contributed by atoms with E-state index in [9.17, 15) is 9.59 Å². The van der Waals surface area contributed by atoms with Crippen LogP contribution in [0.5, 0.6) is 0 Å². The van der Waals surface area contributed by atoms with Gasteiger partial charge in [-0.15, -0.1) is 0 Å².